The molecule has 4 nitrogen and oxygen atoms in total. The van der Waals surface area contributed by atoms with Gasteiger partial charge in [-0.15, -0.1) is 0 Å². The van der Waals surface area contributed by atoms with Gasteiger partial charge in [0.1, 0.15) is 6.07 Å². The zero-order valence-electron chi connectivity index (χ0n) is 7.45. The van der Waals surface area contributed by atoms with Crippen LogP contribution in [0.25, 0.3) is 0 Å². The maximum absolute atomic E-state index is 11.2. The van der Waals surface area contributed by atoms with Crippen LogP contribution in [0.4, 0.5) is 0 Å². The van der Waals surface area contributed by atoms with Crippen molar-refractivity contribution in [3.05, 3.63) is 34.2 Å². The Morgan fingerprint density at radius 3 is 3.00 bits per heavy atom. The first-order valence-corrected chi connectivity index (χ1v) is 4.03. The number of nitriles is 1. The van der Waals surface area contributed by atoms with Gasteiger partial charge < -0.3 is 9.88 Å². The van der Waals surface area contributed by atoms with Crippen molar-refractivity contribution in [3.8, 4) is 6.07 Å². The molecule has 1 heterocycles. The van der Waals surface area contributed by atoms with E-state index in [0.29, 0.717) is 12.1 Å². The third-order valence-corrected chi connectivity index (χ3v) is 1.72. The summed E-state index contributed by atoms with van der Waals surface area (Å²) in [6, 6.07) is 4.93. The van der Waals surface area contributed by atoms with E-state index in [1.54, 1.807) is 6.20 Å². The van der Waals surface area contributed by atoms with Crippen LogP contribution in [0.3, 0.4) is 0 Å². The molecule has 1 N–H and O–H groups in total. The average Bonchev–Trinajstić information content (AvgIpc) is 2.17. The van der Waals surface area contributed by atoms with Gasteiger partial charge in [-0.1, -0.05) is 0 Å². The molecule has 0 unspecified atom stereocenters. The summed E-state index contributed by atoms with van der Waals surface area (Å²) >= 11 is 0. The van der Waals surface area contributed by atoms with Crippen LogP contribution < -0.4 is 10.9 Å². The van der Waals surface area contributed by atoms with Crippen LogP contribution in [0, 0.1) is 11.3 Å². The molecule has 0 amide bonds. The fraction of sp³-hybridized carbons (Fsp3) is 0.333. The summed E-state index contributed by atoms with van der Waals surface area (Å²) in [6.45, 7) is 1.31. The minimum Gasteiger partial charge on any atom is -0.318 e. The predicted molar refractivity (Wildman–Crippen MR) is 49.3 cm³/mol. The van der Waals surface area contributed by atoms with Crippen LogP contribution in [0.5, 0.6) is 0 Å². The molecule has 13 heavy (non-hydrogen) atoms. The lowest BCUT2D eigenvalue weighted by atomic mass is 10.3. The van der Waals surface area contributed by atoms with Crippen molar-refractivity contribution in [2.45, 2.75) is 6.54 Å². The smallest absolute Gasteiger partial charge is 0.250 e. The number of nitrogens with zero attached hydrogens (tertiary/aromatic N) is 2. The van der Waals surface area contributed by atoms with Crippen molar-refractivity contribution < 1.29 is 0 Å². The number of pyridine rings is 1. The summed E-state index contributed by atoms with van der Waals surface area (Å²) in [6.07, 6.45) is 1.57. The Balaban J connectivity index is 2.92. The number of rotatable bonds is 3. The third kappa shape index (κ3) is 2.42. The molecule has 68 valence electrons. The second kappa shape index (κ2) is 4.43. The minimum atomic E-state index is -0.0748. The van der Waals surface area contributed by atoms with Crippen LogP contribution in [-0.4, -0.2) is 18.2 Å². The Labute approximate surface area is 76.4 Å². The lowest BCUT2D eigenvalue weighted by Gasteiger charge is -2.03. The Bertz CT molecular complexity index is 375. The van der Waals surface area contributed by atoms with E-state index in [1.807, 2.05) is 13.1 Å². The quantitative estimate of drug-likeness (QED) is 0.703. The Hall–Kier alpha value is -1.60. The maximum atomic E-state index is 11.2. The summed E-state index contributed by atoms with van der Waals surface area (Å²) in [5, 5.41) is 11.5. The van der Waals surface area contributed by atoms with Crippen molar-refractivity contribution in [1.29, 1.82) is 5.26 Å². The van der Waals surface area contributed by atoms with Crippen LogP contribution in [0.2, 0.25) is 0 Å². The molecule has 0 fully saturated rings. The van der Waals surface area contributed by atoms with Gasteiger partial charge in [0.25, 0.3) is 5.56 Å². The zero-order chi connectivity index (χ0) is 9.68. The third-order valence-electron chi connectivity index (χ3n) is 1.72. The molecule has 4 heteroatoms. The summed E-state index contributed by atoms with van der Waals surface area (Å²) < 4.78 is 1.52. The van der Waals surface area contributed by atoms with Crippen molar-refractivity contribution in [2.24, 2.45) is 0 Å². The minimum absolute atomic E-state index is 0.0748. The molecule has 0 aliphatic carbocycles. The fourth-order valence-corrected chi connectivity index (χ4v) is 1.00. The molecule has 1 rings (SSSR count). The Kier molecular flexibility index (Phi) is 3.23. The first-order valence-electron chi connectivity index (χ1n) is 4.03. The first-order chi connectivity index (χ1) is 6.27. The highest BCUT2D eigenvalue weighted by Crippen LogP contribution is 1.91. The molecule has 0 aromatic carbocycles. The van der Waals surface area contributed by atoms with Crippen LogP contribution in [-0.2, 0) is 6.54 Å². The fourth-order valence-electron chi connectivity index (χ4n) is 1.00. The van der Waals surface area contributed by atoms with Gasteiger partial charge in [-0.2, -0.15) is 5.26 Å². The van der Waals surface area contributed by atoms with E-state index in [4.69, 9.17) is 5.26 Å². The van der Waals surface area contributed by atoms with Crippen LogP contribution >= 0.6 is 0 Å². The molecular formula is C9H11N3O. The summed E-state index contributed by atoms with van der Waals surface area (Å²) in [7, 11) is 1.82. The van der Waals surface area contributed by atoms with E-state index in [1.165, 1.54) is 16.7 Å². The van der Waals surface area contributed by atoms with Crippen molar-refractivity contribution in [2.75, 3.05) is 13.6 Å². The van der Waals surface area contributed by atoms with Crippen molar-refractivity contribution in [1.82, 2.24) is 9.88 Å². The molecule has 0 radical (unpaired) electrons. The van der Waals surface area contributed by atoms with E-state index in [-0.39, 0.29) is 5.56 Å². The van der Waals surface area contributed by atoms with E-state index in [9.17, 15) is 4.79 Å². The van der Waals surface area contributed by atoms with Gasteiger partial charge in [-0.3, -0.25) is 4.79 Å². The molecule has 0 aliphatic rings. The molecule has 0 aliphatic heterocycles. The SMILES string of the molecule is CNCCn1cc(C#N)ccc1=O. The van der Waals surface area contributed by atoms with E-state index in [2.05, 4.69) is 5.32 Å². The van der Waals surface area contributed by atoms with Gasteiger partial charge in [-0.05, 0) is 13.1 Å². The molecule has 0 saturated heterocycles. The molecule has 1 aromatic heterocycles. The monoisotopic (exact) mass is 177 g/mol. The number of hydrogen-bond acceptors (Lipinski definition) is 3. The number of likely N-dealkylation sites (N-methyl/N-ethyl adjacent to an activating group) is 1. The topological polar surface area (TPSA) is 57.8 Å². The largest absolute Gasteiger partial charge is 0.318 e. The average molecular weight is 177 g/mol. The van der Waals surface area contributed by atoms with Gasteiger partial charge in [0.2, 0.25) is 0 Å². The molecule has 0 bridgehead atoms. The second-order valence-electron chi connectivity index (χ2n) is 2.66. The molecule has 0 spiro atoms. The summed E-state index contributed by atoms with van der Waals surface area (Å²) in [5.41, 5.74) is 0.435. The highest BCUT2D eigenvalue weighted by atomic mass is 16.1. The lowest BCUT2D eigenvalue weighted by molar-refractivity contribution is 0.625. The van der Waals surface area contributed by atoms with Crippen LogP contribution in [0.15, 0.2) is 23.1 Å². The van der Waals surface area contributed by atoms with Gasteiger partial charge in [0.05, 0.1) is 5.56 Å². The van der Waals surface area contributed by atoms with Gasteiger partial charge in [0, 0.05) is 25.4 Å². The molecular weight excluding hydrogens is 166 g/mol. The van der Waals surface area contributed by atoms with Gasteiger partial charge in [-0.25, -0.2) is 0 Å². The van der Waals surface area contributed by atoms with E-state index < -0.39 is 0 Å². The first kappa shape index (κ1) is 9.49. The summed E-state index contributed by atoms with van der Waals surface area (Å²) in [5.74, 6) is 0. The van der Waals surface area contributed by atoms with Crippen LogP contribution in [0.1, 0.15) is 5.56 Å². The Morgan fingerprint density at radius 1 is 1.62 bits per heavy atom. The number of hydrogen-bond donors (Lipinski definition) is 1. The van der Waals surface area contributed by atoms with Crippen molar-refractivity contribution in [3.63, 3.8) is 0 Å². The maximum Gasteiger partial charge on any atom is 0.250 e. The highest BCUT2D eigenvalue weighted by Gasteiger charge is 1.96. The van der Waals surface area contributed by atoms with E-state index >= 15 is 0 Å². The molecule has 1 aromatic rings. The number of aromatic nitrogens is 1. The lowest BCUT2D eigenvalue weighted by Crippen LogP contribution is -2.24. The number of nitrogens with one attached hydrogen (secondary N) is 1. The Morgan fingerprint density at radius 2 is 2.38 bits per heavy atom. The second-order valence-corrected chi connectivity index (χ2v) is 2.66. The highest BCUT2D eigenvalue weighted by molar-refractivity contribution is 5.24. The summed E-state index contributed by atoms with van der Waals surface area (Å²) in [4.78, 5) is 11.2. The van der Waals surface area contributed by atoms with Gasteiger partial charge in [0.15, 0.2) is 0 Å². The molecule has 0 atom stereocenters. The predicted octanol–water partition coefficient (Wildman–Crippen LogP) is -0.0606. The van der Waals surface area contributed by atoms with E-state index in [0.717, 1.165) is 6.54 Å². The molecule has 0 saturated carbocycles. The normalized spacial score (nSPS) is 9.54. The zero-order valence-corrected chi connectivity index (χ0v) is 7.45. The van der Waals surface area contributed by atoms with Gasteiger partial charge >= 0.3 is 0 Å². The standard InChI is InChI=1S/C9H11N3O/c1-11-4-5-12-7-8(6-10)2-3-9(12)13/h2-3,7,11H,4-5H2,1H3. The van der Waals surface area contributed by atoms with Crippen molar-refractivity contribution >= 4 is 0 Å².